The van der Waals surface area contributed by atoms with Gasteiger partial charge in [-0.25, -0.2) is 0 Å². The molecule has 1 heterocycles. The molecule has 0 bridgehead atoms. The zero-order valence-electron chi connectivity index (χ0n) is 12.4. The third kappa shape index (κ3) is 4.58. The molecule has 0 spiro atoms. The predicted molar refractivity (Wildman–Crippen MR) is 86.6 cm³/mol. The summed E-state index contributed by atoms with van der Waals surface area (Å²) in [5, 5.41) is 8.97. The van der Waals surface area contributed by atoms with Gasteiger partial charge in [-0.3, -0.25) is 4.68 Å². The number of aryl methyl sites for hydroxylation is 1. The largest absolute Gasteiger partial charge is 0.314 e. The molecule has 1 aliphatic carbocycles. The topological polar surface area (TPSA) is 29.9 Å². The maximum absolute atomic E-state index is 5.97. The second-order valence-electron chi connectivity index (χ2n) is 6.06. The molecule has 0 radical (unpaired) electrons. The van der Waals surface area contributed by atoms with Crippen LogP contribution in [-0.4, -0.2) is 22.4 Å². The highest BCUT2D eigenvalue weighted by Crippen LogP contribution is 2.21. The summed E-state index contributed by atoms with van der Waals surface area (Å²) in [6.07, 6.45) is 6.76. The molecule has 1 atom stereocenters. The number of rotatable bonds is 7. The normalized spacial score (nSPS) is 16.1. The molecule has 2 aromatic rings. The van der Waals surface area contributed by atoms with Crippen molar-refractivity contribution in [3.63, 3.8) is 0 Å². The maximum Gasteiger partial charge on any atom is 0.0627 e. The molecule has 4 heteroatoms. The molecule has 3 nitrogen and oxygen atoms in total. The number of hydrogen-bond donors (Lipinski definition) is 1. The van der Waals surface area contributed by atoms with Crippen LogP contribution < -0.4 is 5.32 Å². The highest BCUT2D eigenvalue weighted by Gasteiger charge is 2.22. The highest BCUT2D eigenvalue weighted by molar-refractivity contribution is 6.30. The summed E-state index contributed by atoms with van der Waals surface area (Å²) in [6, 6.07) is 11.1. The Hall–Kier alpha value is -1.32. The summed E-state index contributed by atoms with van der Waals surface area (Å²) in [7, 11) is 1.97. The average molecular weight is 304 g/mol. The zero-order valence-corrected chi connectivity index (χ0v) is 13.2. The van der Waals surface area contributed by atoms with Gasteiger partial charge in [0.05, 0.1) is 5.69 Å². The molecule has 1 aromatic heterocycles. The lowest BCUT2D eigenvalue weighted by molar-refractivity contribution is 0.462. The van der Waals surface area contributed by atoms with Gasteiger partial charge in [0.15, 0.2) is 0 Å². The van der Waals surface area contributed by atoms with E-state index >= 15 is 0 Å². The number of aromatic nitrogens is 2. The average Bonchev–Trinajstić information content (AvgIpc) is 3.21. The van der Waals surface area contributed by atoms with Crippen LogP contribution in [0.2, 0.25) is 5.02 Å². The van der Waals surface area contributed by atoms with Crippen molar-refractivity contribution in [3.05, 3.63) is 52.8 Å². The van der Waals surface area contributed by atoms with Gasteiger partial charge in [-0.05, 0) is 61.9 Å². The van der Waals surface area contributed by atoms with Crippen molar-refractivity contribution in [1.29, 1.82) is 0 Å². The Balaban J connectivity index is 1.63. The van der Waals surface area contributed by atoms with Gasteiger partial charge in [0, 0.05) is 24.3 Å². The van der Waals surface area contributed by atoms with Gasteiger partial charge >= 0.3 is 0 Å². The van der Waals surface area contributed by atoms with Crippen LogP contribution in [0, 0.1) is 5.92 Å². The fraction of sp³-hybridized carbons (Fsp3) is 0.471. The molecule has 0 aliphatic heterocycles. The molecule has 3 rings (SSSR count). The van der Waals surface area contributed by atoms with E-state index in [0.717, 1.165) is 30.5 Å². The summed E-state index contributed by atoms with van der Waals surface area (Å²) in [5.74, 6) is 0.571. The lowest BCUT2D eigenvalue weighted by Crippen LogP contribution is -2.27. The molecule has 0 amide bonds. The zero-order chi connectivity index (χ0) is 14.7. The number of halogens is 1. The Morgan fingerprint density at radius 1 is 1.24 bits per heavy atom. The van der Waals surface area contributed by atoms with Crippen molar-refractivity contribution in [2.45, 2.75) is 31.7 Å². The molecule has 1 aliphatic rings. The van der Waals surface area contributed by atoms with Gasteiger partial charge in [-0.2, -0.15) is 5.10 Å². The van der Waals surface area contributed by atoms with Gasteiger partial charge < -0.3 is 5.32 Å². The summed E-state index contributed by atoms with van der Waals surface area (Å²) in [6.45, 7) is 1.06. The van der Waals surface area contributed by atoms with Gasteiger partial charge in [0.25, 0.3) is 0 Å². The number of nitrogens with zero attached hydrogens (tertiary/aromatic N) is 2. The van der Waals surface area contributed by atoms with E-state index in [9.17, 15) is 0 Å². The lowest BCUT2D eigenvalue weighted by atomic mass is 9.94. The number of nitrogens with one attached hydrogen (secondary N) is 1. The van der Waals surface area contributed by atoms with Gasteiger partial charge in [-0.15, -0.1) is 0 Å². The first-order chi connectivity index (χ1) is 10.2. The van der Waals surface area contributed by atoms with Gasteiger partial charge in [0.2, 0.25) is 0 Å². The van der Waals surface area contributed by atoms with E-state index in [1.807, 2.05) is 30.1 Å². The Bertz CT molecular complexity index is 572. The summed E-state index contributed by atoms with van der Waals surface area (Å²) >= 11 is 5.97. The van der Waals surface area contributed by atoms with Crippen molar-refractivity contribution < 1.29 is 0 Å². The summed E-state index contributed by atoms with van der Waals surface area (Å²) in [4.78, 5) is 0. The van der Waals surface area contributed by atoms with Crippen molar-refractivity contribution in [1.82, 2.24) is 15.1 Å². The van der Waals surface area contributed by atoms with Crippen molar-refractivity contribution >= 4 is 11.6 Å². The maximum atomic E-state index is 5.97. The van der Waals surface area contributed by atoms with Crippen LogP contribution in [0.25, 0.3) is 0 Å². The standard InChI is InChI=1S/C17H22ClN3/c1-21-9-8-17(20-21)11-14(12-19-16-6-7-16)10-13-2-4-15(18)5-3-13/h2-5,8-9,14,16,19H,6-7,10-12H2,1H3. The Morgan fingerprint density at radius 3 is 2.62 bits per heavy atom. The SMILES string of the molecule is Cn1ccc(CC(CNC2CC2)Cc2ccc(Cl)cc2)n1. The molecular weight excluding hydrogens is 282 g/mol. The van der Waals surface area contributed by atoms with Gasteiger partial charge in [0.1, 0.15) is 0 Å². The van der Waals surface area contributed by atoms with E-state index in [1.165, 1.54) is 24.1 Å². The van der Waals surface area contributed by atoms with Crippen molar-refractivity contribution in [2.24, 2.45) is 13.0 Å². The molecule has 112 valence electrons. The van der Waals surface area contributed by atoms with Crippen LogP contribution in [-0.2, 0) is 19.9 Å². The predicted octanol–water partition coefficient (Wildman–Crippen LogP) is 3.23. The summed E-state index contributed by atoms with van der Waals surface area (Å²) in [5.41, 5.74) is 2.52. The third-order valence-electron chi connectivity index (χ3n) is 3.98. The fourth-order valence-corrected chi connectivity index (χ4v) is 2.78. The quantitative estimate of drug-likeness (QED) is 0.851. The van der Waals surface area contributed by atoms with E-state index in [4.69, 9.17) is 11.6 Å². The van der Waals surface area contributed by atoms with Gasteiger partial charge in [-0.1, -0.05) is 23.7 Å². The smallest absolute Gasteiger partial charge is 0.0627 e. The van der Waals surface area contributed by atoms with E-state index in [-0.39, 0.29) is 0 Å². The van der Waals surface area contributed by atoms with E-state index in [1.54, 1.807) is 0 Å². The molecule has 1 saturated carbocycles. The monoisotopic (exact) mass is 303 g/mol. The lowest BCUT2D eigenvalue weighted by Gasteiger charge is -2.17. The van der Waals surface area contributed by atoms with Crippen LogP contribution in [0.4, 0.5) is 0 Å². The first-order valence-corrected chi connectivity index (χ1v) is 8.03. The molecule has 1 aromatic carbocycles. The van der Waals surface area contributed by atoms with Crippen LogP contribution in [0.3, 0.4) is 0 Å². The van der Waals surface area contributed by atoms with E-state index in [2.05, 4.69) is 28.6 Å². The molecule has 1 fully saturated rings. The fourth-order valence-electron chi connectivity index (χ4n) is 2.66. The van der Waals surface area contributed by atoms with Crippen LogP contribution >= 0.6 is 11.6 Å². The first-order valence-electron chi connectivity index (χ1n) is 7.65. The van der Waals surface area contributed by atoms with Crippen molar-refractivity contribution in [3.8, 4) is 0 Å². The Labute approximate surface area is 131 Å². The minimum Gasteiger partial charge on any atom is -0.314 e. The molecule has 21 heavy (non-hydrogen) atoms. The minimum atomic E-state index is 0.571. The second kappa shape index (κ2) is 6.63. The highest BCUT2D eigenvalue weighted by atomic mass is 35.5. The van der Waals surface area contributed by atoms with E-state index < -0.39 is 0 Å². The van der Waals surface area contributed by atoms with Crippen molar-refractivity contribution in [2.75, 3.05) is 6.54 Å². The molecule has 0 saturated heterocycles. The minimum absolute atomic E-state index is 0.571. The number of benzene rings is 1. The van der Waals surface area contributed by atoms with Crippen LogP contribution in [0.1, 0.15) is 24.1 Å². The summed E-state index contributed by atoms with van der Waals surface area (Å²) < 4.78 is 1.88. The number of hydrogen-bond acceptors (Lipinski definition) is 2. The molecular formula is C17H22ClN3. The first kappa shape index (κ1) is 14.6. The Kier molecular flexibility index (Phi) is 4.61. The van der Waals surface area contributed by atoms with Crippen LogP contribution in [0.15, 0.2) is 36.5 Å². The van der Waals surface area contributed by atoms with Crippen LogP contribution in [0.5, 0.6) is 0 Å². The Morgan fingerprint density at radius 2 is 2.00 bits per heavy atom. The third-order valence-corrected chi connectivity index (χ3v) is 4.23. The van der Waals surface area contributed by atoms with E-state index in [0.29, 0.717) is 5.92 Å². The second-order valence-corrected chi connectivity index (χ2v) is 6.50. The molecule has 1 N–H and O–H groups in total. The molecule has 1 unspecified atom stereocenters.